The lowest BCUT2D eigenvalue weighted by Crippen LogP contribution is -1.91. The maximum absolute atomic E-state index is 8.55. The van der Waals surface area contributed by atoms with Crippen molar-refractivity contribution in [2.45, 2.75) is 0 Å². The Kier molecular flexibility index (Phi) is 5.20. The van der Waals surface area contributed by atoms with Crippen molar-refractivity contribution in [2.75, 3.05) is 0 Å². The third-order valence-corrected chi connectivity index (χ3v) is 9.72. The molecule has 0 saturated heterocycles. The molecule has 0 aliphatic heterocycles. The first kappa shape index (κ1) is 23.0. The summed E-state index contributed by atoms with van der Waals surface area (Å²) in [5, 5.41) is 8.79. The molecule has 0 atom stereocenters. The summed E-state index contributed by atoms with van der Waals surface area (Å²) in [5.74, 6) is 0. The van der Waals surface area contributed by atoms with Gasteiger partial charge in [0.1, 0.15) is 11.2 Å². The lowest BCUT2D eigenvalue weighted by atomic mass is 9.84. The average molecular weight is 628 g/mol. The largest absolute Gasteiger partial charge is 0.456 e. The summed E-state index contributed by atoms with van der Waals surface area (Å²) in [6.07, 6.45) is 0. The highest BCUT2D eigenvalue weighted by Gasteiger charge is 2.20. The Morgan fingerprint density at radius 1 is 0.367 bits per heavy atom. The third kappa shape index (κ3) is 4.47. The molecule has 10 aromatic rings. The van der Waals surface area contributed by atoms with Crippen molar-refractivity contribution in [2.24, 2.45) is 0 Å². The van der Waals surface area contributed by atoms with E-state index in [9.17, 15) is 0 Å². The topological polar surface area (TPSA) is 13.1 Å². The number of furan rings is 1. The number of rotatable bonds is 4. The van der Waals surface area contributed by atoms with Gasteiger partial charge in [-0.2, -0.15) is 0 Å². The van der Waals surface area contributed by atoms with Gasteiger partial charge < -0.3 is 4.42 Å². The van der Waals surface area contributed by atoms with Gasteiger partial charge in [-0.1, -0.05) is 152 Å². The zero-order valence-corrected chi connectivity index (χ0v) is 26.3. The van der Waals surface area contributed by atoms with Crippen LogP contribution < -0.4 is 0 Å². The van der Waals surface area contributed by atoms with Gasteiger partial charge in [-0.25, -0.2) is 0 Å². The van der Waals surface area contributed by atoms with Crippen LogP contribution in [0.2, 0.25) is 0 Å². The minimum atomic E-state index is -0.410. The van der Waals surface area contributed by atoms with E-state index >= 15 is 0 Å². The van der Waals surface area contributed by atoms with Crippen LogP contribution in [-0.4, -0.2) is 0 Å². The molecule has 1 heteroatoms. The number of fused-ring (bicyclic) bond motifs is 6. The fraction of sp³-hybridized carbons (Fsp3) is 0. The number of hydrogen-bond acceptors (Lipinski definition) is 1. The van der Waals surface area contributed by atoms with Crippen molar-refractivity contribution in [3.8, 4) is 44.5 Å². The number of hydrogen-bond donors (Lipinski definition) is 0. The summed E-state index contributed by atoms with van der Waals surface area (Å²) in [7, 11) is 0. The Bertz CT molecular complexity index is 3080. The van der Waals surface area contributed by atoms with Crippen molar-refractivity contribution in [1.29, 1.82) is 0 Å². The molecule has 0 saturated carbocycles. The van der Waals surface area contributed by atoms with Crippen LogP contribution in [0, 0.1) is 0 Å². The molecule has 0 N–H and O–H groups in total. The zero-order chi connectivity index (χ0) is 36.7. The second-order valence-electron chi connectivity index (χ2n) is 12.5. The van der Waals surface area contributed by atoms with Crippen molar-refractivity contribution < 1.29 is 11.3 Å². The quantitative estimate of drug-likeness (QED) is 0.177. The summed E-state index contributed by atoms with van der Waals surface area (Å²) in [6.45, 7) is 0. The Morgan fingerprint density at radius 3 is 1.67 bits per heavy atom. The van der Waals surface area contributed by atoms with Crippen LogP contribution >= 0.6 is 0 Å². The van der Waals surface area contributed by atoms with Crippen LogP contribution in [0.25, 0.3) is 98.8 Å². The zero-order valence-electron chi connectivity index (χ0n) is 31.3. The van der Waals surface area contributed by atoms with E-state index in [4.69, 9.17) is 11.3 Å². The smallest absolute Gasteiger partial charge is 0.136 e. The molecular weight excluding hydrogens is 593 g/mol. The fourth-order valence-corrected chi connectivity index (χ4v) is 7.52. The van der Waals surface area contributed by atoms with E-state index in [0.717, 1.165) is 49.0 Å². The molecule has 0 bridgehead atoms. The van der Waals surface area contributed by atoms with E-state index in [0.29, 0.717) is 16.7 Å². The molecule has 10 rings (SSSR count). The lowest BCUT2D eigenvalue weighted by molar-refractivity contribution is 0.669. The Hall–Kier alpha value is -6.44. The minimum Gasteiger partial charge on any atom is -0.456 e. The third-order valence-electron chi connectivity index (χ3n) is 9.72. The van der Waals surface area contributed by atoms with Crippen molar-refractivity contribution >= 4 is 54.3 Å². The highest BCUT2D eigenvalue weighted by molar-refractivity contribution is 6.26. The van der Waals surface area contributed by atoms with Gasteiger partial charge >= 0.3 is 0 Å². The van der Waals surface area contributed by atoms with E-state index in [1.807, 2.05) is 30.3 Å². The highest BCUT2D eigenvalue weighted by atomic mass is 16.3. The number of benzene rings is 9. The molecule has 0 aliphatic rings. The molecule has 0 fully saturated rings. The normalized spacial score (nSPS) is 13.1. The van der Waals surface area contributed by atoms with Crippen molar-refractivity contribution in [3.63, 3.8) is 0 Å². The molecule has 0 amide bonds. The van der Waals surface area contributed by atoms with Gasteiger partial charge in [0, 0.05) is 10.8 Å². The summed E-state index contributed by atoms with van der Waals surface area (Å²) in [5.41, 5.74) is 8.84. The summed E-state index contributed by atoms with van der Waals surface area (Å²) in [6, 6.07) is 51.2. The molecule has 1 heterocycles. The molecule has 228 valence electrons. The second kappa shape index (κ2) is 11.1. The predicted molar refractivity (Wildman–Crippen MR) is 208 cm³/mol. The summed E-state index contributed by atoms with van der Waals surface area (Å²) >= 11 is 0. The Morgan fingerprint density at radius 2 is 0.959 bits per heavy atom. The molecule has 1 nitrogen and oxygen atoms in total. The molecule has 9 aromatic carbocycles. The van der Waals surface area contributed by atoms with Gasteiger partial charge in [0.25, 0.3) is 0 Å². The monoisotopic (exact) mass is 627 g/mol. The van der Waals surface area contributed by atoms with Crippen molar-refractivity contribution in [3.05, 3.63) is 182 Å². The first-order valence-electron chi connectivity index (χ1n) is 18.9. The summed E-state index contributed by atoms with van der Waals surface area (Å²) < 4.78 is 48.0. The van der Waals surface area contributed by atoms with Crippen LogP contribution in [0.15, 0.2) is 186 Å². The summed E-state index contributed by atoms with van der Waals surface area (Å²) in [4.78, 5) is 0. The van der Waals surface area contributed by atoms with Crippen LogP contribution in [0.1, 0.15) is 6.85 Å². The molecule has 0 spiro atoms. The maximum Gasteiger partial charge on any atom is 0.136 e. The van der Waals surface area contributed by atoms with E-state index < -0.39 is 6.04 Å². The van der Waals surface area contributed by atoms with Crippen LogP contribution in [0.4, 0.5) is 0 Å². The first-order valence-corrected chi connectivity index (χ1v) is 16.4. The van der Waals surface area contributed by atoms with Gasteiger partial charge in [0.2, 0.25) is 0 Å². The van der Waals surface area contributed by atoms with E-state index in [1.54, 1.807) is 6.07 Å². The van der Waals surface area contributed by atoms with Gasteiger partial charge in [-0.3, -0.25) is 0 Å². The molecular formula is C48H30O. The van der Waals surface area contributed by atoms with Crippen molar-refractivity contribution in [1.82, 2.24) is 0 Å². The van der Waals surface area contributed by atoms with Gasteiger partial charge in [-0.05, 0) is 107 Å². The van der Waals surface area contributed by atoms with Gasteiger partial charge in [-0.15, -0.1) is 0 Å². The highest BCUT2D eigenvalue weighted by Crippen LogP contribution is 2.47. The SMILES string of the molecule is [2H]c1c([2H])c([2H])c(-c2ccc3c(c2)oc2cccc(-c4c5ccccc5c(-c5ccc6cc(-c7ccccc7)ccc6c5)c5ccccc45)c23)c([2H])c1[2H]. The standard InChI is InChI=1S/C48H30O/c1-3-12-31(13-4-1)33-22-23-35-29-37(25-24-34(35)28-33)46-38-16-7-9-18-40(38)47(41-19-10-8-17-39(41)46)43-20-11-21-44-48(43)42-27-26-36(30-45(42)49-44)32-14-5-2-6-15-32/h1-30H/i2D,5D,6D,14D,15D. The Labute approximate surface area is 291 Å². The van der Waals surface area contributed by atoms with E-state index in [-0.39, 0.29) is 29.7 Å². The van der Waals surface area contributed by atoms with E-state index in [1.165, 1.54) is 27.5 Å². The molecule has 0 unspecified atom stereocenters. The van der Waals surface area contributed by atoms with Gasteiger partial charge in [0.05, 0.1) is 6.85 Å². The Balaban J connectivity index is 1.19. The minimum absolute atomic E-state index is 0.154. The maximum atomic E-state index is 8.55. The molecule has 0 aliphatic carbocycles. The first-order chi connectivity index (χ1) is 26.4. The van der Waals surface area contributed by atoms with Crippen LogP contribution in [0.3, 0.4) is 0 Å². The van der Waals surface area contributed by atoms with Crippen LogP contribution in [0.5, 0.6) is 0 Å². The molecule has 0 radical (unpaired) electrons. The molecule has 49 heavy (non-hydrogen) atoms. The predicted octanol–water partition coefficient (Wildman–Crippen LogP) is 13.7. The fourth-order valence-electron chi connectivity index (χ4n) is 7.52. The molecule has 1 aromatic heterocycles. The lowest BCUT2D eigenvalue weighted by Gasteiger charge is -2.18. The average Bonchev–Trinajstić information content (AvgIpc) is 3.60. The second-order valence-corrected chi connectivity index (χ2v) is 12.5. The van der Waals surface area contributed by atoms with Gasteiger partial charge in [0.15, 0.2) is 0 Å². The van der Waals surface area contributed by atoms with E-state index in [2.05, 4.69) is 115 Å². The van der Waals surface area contributed by atoms with Crippen LogP contribution in [-0.2, 0) is 0 Å².